The van der Waals surface area contributed by atoms with Crippen molar-refractivity contribution in [2.24, 2.45) is 0 Å². The number of hydrogen-bond acceptors (Lipinski definition) is 4. The summed E-state index contributed by atoms with van der Waals surface area (Å²) in [5.74, 6) is -1.14. The Kier molecular flexibility index (Phi) is 4.14. The number of halogens is 3. The van der Waals surface area contributed by atoms with Crippen molar-refractivity contribution in [3.63, 3.8) is 0 Å². The predicted molar refractivity (Wildman–Crippen MR) is 89.4 cm³/mol. The van der Waals surface area contributed by atoms with E-state index in [-0.39, 0.29) is 31.4 Å². The minimum absolute atomic E-state index is 0.00593. The molecule has 0 N–H and O–H groups in total. The molecule has 0 radical (unpaired) electrons. The minimum atomic E-state index is -4.56. The molecule has 0 unspecified atom stereocenters. The van der Waals surface area contributed by atoms with Gasteiger partial charge in [-0.1, -0.05) is 12.1 Å². The summed E-state index contributed by atoms with van der Waals surface area (Å²) in [5, 5.41) is 6.82. The van der Waals surface area contributed by atoms with Gasteiger partial charge in [0.05, 0.1) is 6.54 Å². The van der Waals surface area contributed by atoms with Gasteiger partial charge in [-0.05, 0) is 35.4 Å². The number of alkyl halides is 3. The zero-order chi connectivity index (χ0) is 19.0. The van der Waals surface area contributed by atoms with Crippen LogP contribution < -0.4 is 0 Å². The molecule has 9 heteroatoms. The molecule has 0 bridgehead atoms. The standard InChI is InChI=1S/C18H14F3N5O/c19-18(20,21)17-24-23-15-11-25(9-10-26(15)17)16(27)14-3-1-12(2-4-14)13-5-7-22-8-6-13/h1-8H,9-11H2. The highest BCUT2D eigenvalue weighted by Gasteiger charge is 2.39. The average molecular weight is 373 g/mol. The van der Waals surface area contributed by atoms with Gasteiger partial charge in [0.15, 0.2) is 5.82 Å². The molecule has 1 aliphatic rings. The molecule has 3 aromatic rings. The van der Waals surface area contributed by atoms with Crippen molar-refractivity contribution in [3.05, 3.63) is 66.0 Å². The first-order valence-corrected chi connectivity index (χ1v) is 8.22. The highest BCUT2D eigenvalue weighted by atomic mass is 19.4. The summed E-state index contributed by atoms with van der Waals surface area (Å²) < 4.78 is 39.7. The maximum absolute atomic E-state index is 12.9. The van der Waals surface area contributed by atoms with Crippen molar-refractivity contribution >= 4 is 5.91 Å². The van der Waals surface area contributed by atoms with Gasteiger partial charge in [0, 0.05) is 31.0 Å². The lowest BCUT2D eigenvalue weighted by atomic mass is 10.0. The number of carbonyl (C=O) groups excluding carboxylic acids is 1. The van der Waals surface area contributed by atoms with Gasteiger partial charge in [-0.15, -0.1) is 10.2 Å². The van der Waals surface area contributed by atoms with Crippen molar-refractivity contribution in [2.75, 3.05) is 6.54 Å². The quantitative estimate of drug-likeness (QED) is 0.693. The number of rotatable bonds is 2. The van der Waals surface area contributed by atoms with Gasteiger partial charge in [0.2, 0.25) is 5.82 Å². The summed E-state index contributed by atoms with van der Waals surface area (Å²) >= 11 is 0. The van der Waals surface area contributed by atoms with Crippen molar-refractivity contribution in [1.82, 2.24) is 24.6 Å². The highest BCUT2D eigenvalue weighted by Crippen LogP contribution is 2.29. The Hall–Kier alpha value is -3.23. The van der Waals surface area contributed by atoms with E-state index >= 15 is 0 Å². The summed E-state index contributed by atoms with van der Waals surface area (Å²) in [5.41, 5.74) is 2.40. The molecule has 0 saturated carbocycles. The van der Waals surface area contributed by atoms with Crippen LogP contribution in [0.15, 0.2) is 48.8 Å². The Morgan fingerprint density at radius 3 is 2.26 bits per heavy atom. The molecule has 4 rings (SSSR count). The van der Waals surface area contributed by atoms with Crippen LogP contribution in [0.25, 0.3) is 11.1 Å². The summed E-state index contributed by atoms with van der Waals surface area (Å²) in [7, 11) is 0. The molecule has 0 atom stereocenters. The molecule has 0 spiro atoms. The van der Waals surface area contributed by atoms with E-state index < -0.39 is 12.0 Å². The number of nitrogens with zero attached hydrogens (tertiary/aromatic N) is 5. The van der Waals surface area contributed by atoms with Crippen molar-refractivity contribution in [1.29, 1.82) is 0 Å². The highest BCUT2D eigenvalue weighted by molar-refractivity contribution is 5.94. The normalized spacial score (nSPS) is 14.1. The lowest BCUT2D eigenvalue weighted by Crippen LogP contribution is -2.39. The van der Waals surface area contributed by atoms with E-state index in [1.807, 2.05) is 24.3 Å². The fraction of sp³-hybridized carbons (Fsp3) is 0.222. The van der Waals surface area contributed by atoms with Gasteiger partial charge in [-0.2, -0.15) is 13.2 Å². The lowest BCUT2D eigenvalue weighted by Gasteiger charge is -2.28. The van der Waals surface area contributed by atoms with Crippen molar-refractivity contribution in [3.8, 4) is 11.1 Å². The number of aromatic nitrogens is 4. The first kappa shape index (κ1) is 17.2. The average Bonchev–Trinajstić information content (AvgIpc) is 3.12. The molecule has 0 saturated heterocycles. The molecule has 1 amide bonds. The van der Waals surface area contributed by atoms with Gasteiger partial charge >= 0.3 is 6.18 Å². The smallest absolute Gasteiger partial charge is 0.329 e. The Labute approximate surface area is 152 Å². The fourth-order valence-electron chi connectivity index (χ4n) is 3.07. The maximum atomic E-state index is 12.9. The molecular formula is C18H14F3N5O. The molecule has 1 aliphatic heterocycles. The maximum Gasteiger partial charge on any atom is 0.451 e. The zero-order valence-corrected chi connectivity index (χ0v) is 14.0. The van der Waals surface area contributed by atoms with E-state index in [0.29, 0.717) is 5.56 Å². The van der Waals surface area contributed by atoms with Gasteiger partial charge in [-0.25, -0.2) is 0 Å². The van der Waals surface area contributed by atoms with Gasteiger partial charge in [-0.3, -0.25) is 9.78 Å². The molecule has 0 aliphatic carbocycles. The van der Waals surface area contributed by atoms with Crippen LogP contribution in [0.3, 0.4) is 0 Å². The lowest BCUT2D eigenvalue weighted by molar-refractivity contribution is -0.147. The zero-order valence-electron chi connectivity index (χ0n) is 14.0. The number of carbonyl (C=O) groups is 1. The summed E-state index contributed by atoms with van der Waals surface area (Å²) in [6.07, 6.45) is -1.18. The number of pyridine rings is 1. The number of hydrogen-bond donors (Lipinski definition) is 0. The first-order valence-electron chi connectivity index (χ1n) is 8.22. The Morgan fingerprint density at radius 2 is 1.59 bits per heavy atom. The molecule has 2 aromatic heterocycles. The fourth-order valence-corrected chi connectivity index (χ4v) is 3.07. The third-order valence-electron chi connectivity index (χ3n) is 4.44. The molecule has 27 heavy (non-hydrogen) atoms. The van der Waals surface area contributed by atoms with E-state index in [1.54, 1.807) is 24.5 Å². The molecule has 6 nitrogen and oxygen atoms in total. The minimum Gasteiger partial charge on any atom is -0.329 e. The van der Waals surface area contributed by atoms with E-state index in [2.05, 4.69) is 15.2 Å². The summed E-state index contributed by atoms with van der Waals surface area (Å²) in [6, 6.07) is 10.8. The second-order valence-electron chi connectivity index (χ2n) is 6.13. The Bertz CT molecular complexity index is 967. The van der Waals surface area contributed by atoms with Crippen LogP contribution in [0, 0.1) is 0 Å². The molecule has 138 valence electrons. The van der Waals surface area contributed by atoms with Gasteiger partial charge in [0.1, 0.15) is 0 Å². The van der Waals surface area contributed by atoms with Crippen molar-refractivity contribution in [2.45, 2.75) is 19.3 Å². The van der Waals surface area contributed by atoms with Crippen molar-refractivity contribution < 1.29 is 18.0 Å². The Morgan fingerprint density at radius 1 is 0.926 bits per heavy atom. The predicted octanol–water partition coefficient (Wildman–Crippen LogP) is 3.01. The molecule has 1 aromatic carbocycles. The van der Waals surface area contributed by atoms with Crippen LogP contribution in [0.5, 0.6) is 0 Å². The second kappa shape index (κ2) is 6.49. The van der Waals surface area contributed by atoms with Crippen LogP contribution in [-0.4, -0.2) is 37.1 Å². The van der Waals surface area contributed by atoms with E-state index in [0.717, 1.165) is 15.7 Å². The summed E-state index contributed by atoms with van der Waals surface area (Å²) in [4.78, 5) is 18.1. The van der Waals surface area contributed by atoms with Crippen LogP contribution >= 0.6 is 0 Å². The SMILES string of the molecule is O=C(c1ccc(-c2ccncc2)cc1)N1CCn2c(nnc2C(F)(F)F)C1. The van der Waals surface area contributed by atoms with Crippen LogP contribution in [0.2, 0.25) is 0 Å². The Balaban J connectivity index is 1.52. The third-order valence-corrected chi connectivity index (χ3v) is 4.44. The molecular weight excluding hydrogens is 359 g/mol. The van der Waals surface area contributed by atoms with E-state index in [1.165, 1.54) is 4.90 Å². The third kappa shape index (κ3) is 3.27. The van der Waals surface area contributed by atoms with Crippen LogP contribution in [0.4, 0.5) is 13.2 Å². The van der Waals surface area contributed by atoms with Gasteiger partial charge < -0.3 is 9.47 Å². The topological polar surface area (TPSA) is 63.9 Å². The number of amides is 1. The largest absolute Gasteiger partial charge is 0.451 e. The molecule has 3 heterocycles. The molecule has 0 fully saturated rings. The van der Waals surface area contributed by atoms with E-state index in [4.69, 9.17) is 0 Å². The first-order chi connectivity index (χ1) is 12.9. The number of benzene rings is 1. The number of fused-ring (bicyclic) bond motifs is 1. The second-order valence-corrected chi connectivity index (χ2v) is 6.13. The monoisotopic (exact) mass is 373 g/mol. The summed E-state index contributed by atoms with van der Waals surface area (Å²) in [6.45, 7) is 0.172. The van der Waals surface area contributed by atoms with Gasteiger partial charge in [0.25, 0.3) is 5.91 Å². The van der Waals surface area contributed by atoms with Crippen LogP contribution in [0.1, 0.15) is 22.0 Å². The van der Waals surface area contributed by atoms with Crippen LogP contribution in [-0.2, 0) is 19.3 Å². The van der Waals surface area contributed by atoms with E-state index in [9.17, 15) is 18.0 Å².